The van der Waals surface area contributed by atoms with Crippen LogP contribution in [0.25, 0.3) is 0 Å². The van der Waals surface area contributed by atoms with Gasteiger partial charge in [0.05, 0.1) is 33.8 Å². The number of carbonyl (C=O) groups is 2. The summed E-state index contributed by atoms with van der Waals surface area (Å²) < 4.78 is 30.6. The quantitative estimate of drug-likeness (QED) is 0.0156. The van der Waals surface area contributed by atoms with Crippen molar-refractivity contribution in [3.63, 3.8) is 0 Å². The predicted octanol–water partition coefficient (Wildman–Crippen LogP) is 17.2. The van der Waals surface area contributed by atoms with E-state index in [0.29, 0.717) is 17.4 Å². The van der Waals surface area contributed by atoms with Crippen LogP contribution in [0.2, 0.25) is 0 Å². The summed E-state index contributed by atoms with van der Waals surface area (Å²) in [5, 5.41) is 3.02. The summed E-state index contributed by atoms with van der Waals surface area (Å²) in [5.74, 6) is -0.567. The molecule has 3 unspecified atom stereocenters. The van der Waals surface area contributed by atoms with Gasteiger partial charge in [-0.2, -0.15) is 0 Å². The number of nitrogens with one attached hydrogen (secondary N) is 1. The van der Waals surface area contributed by atoms with Gasteiger partial charge in [-0.15, -0.1) is 0 Å². The highest BCUT2D eigenvalue weighted by Crippen LogP contribution is 2.43. The molecule has 0 aliphatic rings. The Morgan fingerprint density at radius 1 is 0.507 bits per heavy atom. The number of nitrogens with zero attached hydrogens (tertiary/aromatic N) is 1. The second-order valence-electron chi connectivity index (χ2n) is 20.2. The lowest BCUT2D eigenvalue weighted by Gasteiger charge is -2.27. The Morgan fingerprint density at radius 2 is 0.915 bits per heavy atom. The van der Waals surface area contributed by atoms with Crippen molar-refractivity contribution in [2.45, 2.75) is 238 Å². The monoisotopic (exact) mass is 1010 g/mol. The number of likely N-dealkylation sites (N-methyl/N-ethyl adjacent to an activating group) is 1. The highest BCUT2D eigenvalue weighted by atomic mass is 31.2. The van der Waals surface area contributed by atoms with Gasteiger partial charge in [-0.1, -0.05) is 234 Å². The van der Waals surface area contributed by atoms with Crippen LogP contribution < -0.4 is 5.32 Å². The summed E-state index contributed by atoms with van der Waals surface area (Å²) in [7, 11) is 1.45. The van der Waals surface area contributed by atoms with E-state index < -0.39 is 20.0 Å². The number of ether oxygens (including phenoxy) is 1. The van der Waals surface area contributed by atoms with E-state index in [1.165, 1.54) is 109 Å². The number of quaternary nitrogens is 1. The maximum Gasteiger partial charge on any atom is 0.472 e. The molecule has 0 bridgehead atoms. The van der Waals surface area contributed by atoms with E-state index in [4.69, 9.17) is 13.8 Å². The summed E-state index contributed by atoms with van der Waals surface area (Å²) in [6, 6.07) is -0.877. The molecule has 0 spiro atoms. The number of hydrogen-bond acceptors (Lipinski definition) is 6. The Kier molecular flexibility index (Phi) is 48.3. The Labute approximate surface area is 437 Å². The maximum absolute atomic E-state index is 13.5. The third-order valence-corrected chi connectivity index (χ3v) is 13.2. The van der Waals surface area contributed by atoms with Crippen molar-refractivity contribution in [3.05, 3.63) is 97.2 Å². The number of allylic oxidation sites excluding steroid dienone is 15. The summed E-state index contributed by atoms with van der Waals surface area (Å²) in [5.41, 5.74) is 0. The van der Waals surface area contributed by atoms with Crippen LogP contribution in [0.15, 0.2) is 97.2 Å². The number of unbranched alkanes of at least 4 members (excludes halogenated alkanes) is 25. The molecule has 9 nitrogen and oxygen atoms in total. The average Bonchev–Trinajstić information content (AvgIpc) is 3.33. The fourth-order valence-electron chi connectivity index (χ4n) is 7.73. The van der Waals surface area contributed by atoms with Gasteiger partial charge in [0.25, 0.3) is 0 Å². The molecule has 0 rings (SSSR count). The third-order valence-electron chi connectivity index (χ3n) is 12.2. The third kappa shape index (κ3) is 51.6. The lowest BCUT2D eigenvalue weighted by Crippen LogP contribution is -2.47. The second-order valence-corrected chi connectivity index (χ2v) is 21.7. The minimum Gasteiger partial charge on any atom is -0.456 e. The van der Waals surface area contributed by atoms with Gasteiger partial charge >= 0.3 is 13.8 Å². The van der Waals surface area contributed by atoms with Gasteiger partial charge in [0, 0.05) is 12.8 Å². The van der Waals surface area contributed by atoms with Crippen LogP contribution in [0.1, 0.15) is 226 Å². The molecule has 71 heavy (non-hydrogen) atoms. The van der Waals surface area contributed by atoms with E-state index >= 15 is 0 Å². The molecule has 10 heteroatoms. The van der Waals surface area contributed by atoms with Crippen LogP contribution in [0.4, 0.5) is 0 Å². The van der Waals surface area contributed by atoms with Crippen molar-refractivity contribution in [1.82, 2.24) is 5.32 Å². The largest absolute Gasteiger partial charge is 0.472 e. The molecule has 0 aromatic heterocycles. The molecule has 3 atom stereocenters. The highest BCUT2D eigenvalue weighted by Gasteiger charge is 2.30. The molecule has 408 valence electrons. The molecular weight excluding hydrogens is 904 g/mol. The topological polar surface area (TPSA) is 111 Å². The Balaban J connectivity index is 5.42. The number of rotatable bonds is 50. The first-order chi connectivity index (χ1) is 34.4. The van der Waals surface area contributed by atoms with Crippen molar-refractivity contribution < 1.29 is 37.3 Å². The normalized spacial score (nSPS) is 14.5. The van der Waals surface area contributed by atoms with Crippen molar-refractivity contribution in [2.24, 2.45) is 0 Å². The number of phosphoric acid groups is 1. The highest BCUT2D eigenvalue weighted by molar-refractivity contribution is 7.47. The minimum atomic E-state index is -4.46. The zero-order valence-electron chi connectivity index (χ0n) is 46.4. The van der Waals surface area contributed by atoms with Crippen molar-refractivity contribution in [2.75, 3.05) is 40.9 Å². The average molecular weight is 1010 g/mol. The van der Waals surface area contributed by atoms with Gasteiger partial charge in [0.1, 0.15) is 19.3 Å². The minimum absolute atomic E-state index is 0.0256. The molecule has 2 N–H and O–H groups in total. The summed E-state index contributed by atoms with van der Waals surface area (Å²) in [6.07, 6.45) is 66.9. The number of carbonyl (C=O) groups excluding carboxylic acids is 2. The number of hydrogen-bond donors (Lipinski definition) is 2. The first-order valence-electron chi connectivity index (χ1n) is 28.6. The zero-order valence-corrected chi connectivity index (χ0v) is 47.3. The first-order valence-corrected chi connectivity index (χ1v) is 30.1. The van der Waals surface area contributed by atoms with E-state index in [1.54, 1.807) is 0 Å². The number of amides is 1. The van der Waals surface area contributed by atoms with Gasteiger partial charge < -0.3 is 19.4 Å². The van der Waals surface area contributed by atoms with E-state index in [1.807, 2.05) is 94.1 Å². The van der Waals surface area contributed by atoms with Crippen LogP contribution >= 0.6 is 7.82 Å². The molecular formula is C61H108N2O7P+. The predicted molar refractivity (Wildman–Crippen MR) is 304 cm³/mol. The van der Waals surface area contributed by atoms with Crippen LogP contribution in [0.5, 0.6) is 0 Å². The zero-order chi connectivity index (χ0) is 52.2. The molecule has 0 fully saturated rings. The molecule has 0 radical (unpaired) electrons. The Morgan fingerprint density at radius 3 is 1.41 bits per heavy atom. The fraction of sp³-hybridized carbons (Fsp3) is 0.705. The summed E-state index contributed by atoms with van der Waals surface area (Å²) in [6.45, 7) is 6.80. The van der Waals surface area contributed by atoms with Gasteiger partial charge in [0.15, 0.2) is 0 Å². The van der Waals surface area contributed by atoms with Gasteiger partial charge in [-0.3, -0.25) is 18.6 Å². The second kappa shape index (κ2) is 50.5. The first kappa shape index (κ1) is 67.9. The molecule has 0 aliphatic carbocycles. The molecule has 0 saturated heterocycles. The van der Waals surface area contributed by atoms with Crippen LogP contribution in [0.3, 0.4) is 0 Å². The van der Waals surface area contributed by atoms with Crippen molar-refractivity contribution in [3.8, 4) is 0 Å². The molecule has 0 aromatic carbocycles. The van der Waals surface area contributed by atoms with E-state index in [2.05, 4.69) is 50.4 Å². The summed E-state index contributed by atoms with van der Waals surface area (Å²) in [4.78, 5) is 37.6. The summed E-state index contributed by atoms with van der Waals surface area (Å²) >= 11 is 0. The van der Waals surface area contributed by atoms with E-state index in [0.717, 1.165) is 77.0 Å². The van der Waals surface area contributed by atoms with E-state index in [-0.39, 0.29) is 37.9 Å². The maximum atomic E-state index is 13.5. The Hall–Kier alpha value is -3.07. The molecule has 0 heterocycles. The van der Waals surface area contributed by atoms with Crippen LogP contribution in [0, 0.1) is 0 Å². The van der Waals surface area contributed by atoms with Crippen molar-refractivity contribution >= 4 is 19.7 Å². The lowest BCUT2D eigenvalue weighted by atomic mass is 10.1. The fourth-order valence-corrected chi connectivity index (χ4v) is 8.47. The molecule has 1 amide bonds. The molecule has 0 aromatic rings. The van der Waals surface area contributed by atoms with Gasteiger partial charge in [-0.05, 0) is 76.7 Å². The van der Waals surface area contributed by atoms with Gasteiger partial charge in [0.2, 0.25) is 5.91 Å². The van der Waals surface area contributed by atoms with E-state index in [9.17, 15) is 19.0 Å². The lowest BCUT2D eigenvalue weighted by molar-refractivity contribution is -0.870. The SMILES string of the molecule is CC\C=C/C=C/C=C/C=C\C=C\C=C\CCCCCC(=O)NC(COP(=O)(O)OCC[N+](C)(C)C)C(/C=C/CCCCCCCCCCC)OC(=O)CCCCCCCCC/C=C/CCCCCCCC. The van der Waals surface area contributed by atoms with Crippen molar-refractivity contribution in [1.29, 1.82) is 0 Å². The standard InChI is InChI=1S/C61H107N2O7P/c1-7-10-13-16-19-22-25-27-29-31-33-35-38-41-44-47-50-53-60(64)62-58(57-69-71(66,67)68-56-55-63(4,5)6)59(52-49-46-43-40-37-24-21-18-15-12-9-3)70-61(65)54-51-48-45-42-39-36-34-32-30-28-26-23-20-17-14-11-8-2/h10,13,16,19,22,25,27-31,33,35,38,49,52,58-59H,7-9,11-12,14-15,17-18,20-21,23-24,26,32,34,36-37,39-48,50-51,53-57H2,1-6H3,(H-,62,64,66,67)/p+1/b13-10-,19-16+,25-22+,29-27-,30-28+,33-31+,38-35+,52-49+. The van der Waals surface area contributed by atoms with Gasteiger partial charge in [-0.25, -0.2) is 4.57 Å². The smallest absolute Gasteiger partial charge is 0.456 e. The number of esters is 1. The molecule has 0 saturated carbocycles. The molecule has 0 aliphatic heterocycles. The van der Waals surface area contributed by atoms with Crippen LogP contribution in [-0.4, -0.2) is 74.3 Å². The van der Waals surface area contributed by atoms with Crippen LogP contribution in [-0.2, 0) is 27.9 Å². The number of phosphoric ester groups is 1. The Bertz CT molecular complexity index is 1540.